The van der Waals surface area contributed by atoms with Crippen LogP contribution >= 0.6 is 0 Å². The summed E-state index contributed by atoms with van der Waals surface area (Å²) >= 11 is 0. The zero-order valence-corrected chi connectivity index (χ0v) is 20.2. The van der Waals surface area contributed by atoms with Gasteiger partial charge in [-0.2, -0.15) is 0 Å². The van der Waals surface area contributed by atoms with Crippen LogP contribution in [0, 0.1) is 47.3 Å². The van der Waals surface area contributed by atoms with Crippen molar-refractivity contribution in [2.45, 2.75) is 104 Å². The lowest BCUT2D eigenvalue weighted by Crippen LogP contribution is -2.21. The maximum absolute atomic E-state index is 6.37. The van der Waals surface area contributed by atoms with Gasteiger partial charge in [-0.3, -0.25) is 0 Å². The van der Waals surface area contributed by atoms with Gasteiger partial charge in [-0.15, -0.1) is 0 Å². The van der Waals surface area contributed by atoms with Crippen molar-refractivity contribution < 1.29 is 4.74 Å². The van der Waals surface area contributed by atoms with E-state index in [0.717, 1.165) is 54.0 Å². The highest BCUT2D eigenvalue weighted by Gasteiger charge is 2.41. The molecule has 0 aromatic heterocycles. The van der Waals surface area contributed by atoms with Crippen molar-refractivity contribution in [3.8, 4) is 0 Å². The van der Waals surface area contributed by atoms with Crippen LogP contribution in [-0.2, 0) is 11.3 Å². The van der Waals surface area contributed by atoms with E-state index in [2.05, 4.69) is 44.2 Å². The van der Waals surface area contributed by atoms with Gasteiger partial charge in [-0.05, 0) is 111 Å². The fraction of sp³-hybridized carbons (Fsp3) is 0.800. The first-order chi connectivity index (χ1) is 15.2. The van der Waals surface area contributed by atoms with Crippen molar-refractivity contribution >= 4 is 0 Å². The van der Waals surface area contributed by atoms with Crippen LogP contribution in [0.1, 0.15) is 96.5 Å². The molecule has 0 amide bonds. The average Bonchev–Trinajstić information content (AvgIpc) is 3.57. The van der Waals surface area contributed by atoms with E-state index in [9.17, 15) is 0 Å². The molecule has 0 radical (unpaired) electrons. The van der Waals surface area contributed by atoms with Gasteiger partial charge in [0.1, 0.15) is 0 Å². The molecule has 4 saturated carbocycles. The van der Waals surface area contributed by atoms with E-state index >= 15 is 0 Å². The zero-order valence-electron chi connectivity index (χ0n) is 20.2. The molecule has 4 fully saturated rings. The van der Waals surface area contributed by atoms with Crippen LogP contribution in [0.3, 0.4) is 0 Å². The summed E-state index contributed by atoms with van der Waals surface area (Å²) in [4.78, 5) is 0. The predicted molar refractivity (Wildman–Crippen MR) is 130 cm³/mol. The summed E-state index contributed by atoms with van der Waals surface area (Å²) < 4.78 is 6.37. The quantitative estimate of drug-likeness (QED) is 0.429. The minimum absolute atomic E-state index is 0.478. The Labute approximate surface area is 191 Å². The Hall–Kier alpha value is -0.820. The highest BCUT2D eigenvalue weighted by molar-refractivity contribution is 5.13. The molecule has 1 heteroatoms. The Balaban J connectivity index is 1.06. The van der Waals surface area contributed by atoms with Crippen LogP contribution in [-0.4, -0.2) is 6.10 Å². The van der Waals surface area contributed by atoms with E-state index in [4.69, 9.17) is 4.74 Å². The molecule has 0 aliphatic heterocycles. The van der Waals surface area contributed by atoms with Crippen LogP contribution < -0.4 is 0 Å². The van der Waals surface area contributed by atoms with Crippen LogP contribution in [0.2, 0.25) is 0 Å². The van der Waals surface area contributed by atoms with Crippen molar-refractivity contribution in [2.75, 3.05) is 0 Å². The molecule has 9 atom stereocenters. The third kappa shape index (κ3) is 5.07. The Bertz CT molecular complexity index is 683. The second-order valence-electron chi connectivity index (χ2n) is 12.1. The Kier molecular flexibility index (Phi) is 7.08. The molecule has 1 nitrogen and oxygen atoms in total. The topological polar surface area (TPSA) is 9.23 Å². The standard InChI is InChI=1S/C30H46O/c1-21-7-6-10-29(21)28-14-13-27(19-28)26-12-11-24(18-26)17-25-15-16-30(22(25)2)31-20-23-8-4-3-5-9-23/h3-5,8-9,21-22,24-30H,6-7,10-20H2,1-2H3/t21-,22+,24?,25?,26?,27?,28?,29+,30+/m1/s1. The highest BCUT2D eigenvalue weighted by atomic mass is 16.5. The summed E-state index contributed by atoms with van der Waals surface area (Å²) in [7, 11) is 0. The normalized spacial score (nSPS) is 43.1. The van der Waals surface area contributed by atoms with E-state index in [1.165, 1.54) is 50.5 Å². The Morgan fingerprint density at radius 1 is 0.774 bits per heavy atom. The van der Waals surface area contributed by atoms with Gasteiger partial charge in [0.15, 0.2) is 0 Å². The first-order valence-corrected chi connectivity index (χ1v) is 13.8. The minimum atomic E-state index is 0.478. The molecule has 4 aliphatic rings. The second-order valence-corrected chi connectivity index (χ2v) is 12.1. The summed E-state index contributed by atoms with van der Waals surface area (Å²) in [5, 5.41) is 0. The summed E-state index contributed by atoms with van der Waals surface area (Å²) in [6.45, 7) is 5.80. The summed E-state index contributed by atoms with van der Waals surface area (Å²) in [5.74, 6) is 7.96. The number of benzene rings is 1. The van der Waals surface area contributed by atoms with E-state index in [0.29, 0.717) is 6.10 Å². The first kappa shape index (κ1) is 22.0. The van der Waals surface area contributed by atoms with Gasteiger partial charge in [-0.25, -0.2) is 0 Å². The van der Waals surface area contributed by atoms with Gasteiger partial charge in [0, 0.05) is 0 Å². The molecule has 4 aliphatic carbocycles. The Morgan fingerprint density at radius 2 is 1.55 bits per heavy atom. The molecule has 0 N–H and O–H groups in total. The molecule has 1 aromatic rings. The SMILES string of the molecule is C[C@@H]1CCC[C@@H]1C1CCC(C2CCC(CC3CC[C@H](OCc4ccccc4)[C@H]3C)C2)C1. The van der Waals surface area contributed by atoms with Crippen LogP contribution in [0.5, 0.6) is 0 Å². The van der Waals surface area contributed by atoms with Crippen LogP contribution in [0.25, 0.3) is 0 Å². The van der Waals surface area contributed by atoms with Gasteiger partial charge < -0.3 is 4.74 Å². The van der Waals surface area contributed by atoms with Crippen LogP contribution in [0.15, 0.2) is 30.3 Å². The van der Waals surface area contributed by atoms with Crippen molar-refractivity contribution in [3.63, 3.8) is 0 Å². The molecule has 5 unspecified atom stereocenters. The molecule has 5 rings (SSSR count). The van der Waals surface area contributed by atoms with Gasteiger partial charge in [0.25, 0.3) is 0 Å². The highest BCUT2D eigenvalue weighted by Crippen LogP contribution is 2.52. The summed E-state index contributed by atoms with van der Waals surface area (Å²) in [6.07, 6.45) is 18.5. The molecule has 31 heavy (non-hydrogen) atoms. The number of ether oxygens (including phenoxy) is 1. The Morgan fingerprint density at radius 3 is 2.35 bits per heavy atom. The lowest BCUT2D eigenvalue weighted by atomic mass is 9.81. The molecule has 1 aromatic carbocycles. The largest absolute Gasteiger partial charge is 0.373 e. The smallest absolute Gasteiger partial charge is 0.0720 e. The van der Waals surface area contributed by atoms with E-state index in [1.807, 2.05) is 0 Å². The number of rotatable bonds is 7. The van der Waals surface area contributed by atoms with Crippen molar-refractivity contribution in [1.82, 2.24) is 0 Å². The predicted octanol–water partition coefficient (Wildman–Crippen LogP) is 8.28. The lowest BCUT2D eigenvalue weighted by molar-refractivity contribution is 0.0125. The van der Waals surface area contributed by atoms with Gasteiger partial charge in [0.2, 0.25) is 0 Å². The summed E-state index contributed by atoms with van der Waals surface area (Å²) in [6, 6.07) is 10.7. The molecular weight excluding hydrogens is 376 g/mol. The monoisotopic (exact) mass is 422 g/mol. The molecule has 172 valence electrons. The third-order valence-electron chi connectivity index (χ3n) is 10.4. The average molecular weight is 423 g/mol. The van der Waals surface area contributed by atoms with Crippen molar-refractivity contribution in [3.05, 3.63) is 35.9 Å². The summed E-state index contributed by atoms with van der Waals surface area (Å²) in [5.41, 5.74) is 1.32. The maximum Gasteiger partial charge on any atom is 0.0720 e. The van der Waals surface area contributed by atoms with E-state index < -0.39 is 0 Å². The van der Waals surface area contributed by atoms with Crippen LogP contribution in [0.4, 0.5) is 0 Å². The third-order valence-corrected chi connectivity index (χ3v) is 10.4. The van der Waals surface area contributed by atoms with Crippen molar-refractivity contribution in [1.29, 1.82) is 0 Å². The van der Waals surface area contributed by atoms with E-state index in [-0.39, 0.29) is 0 Å². The van der Waals surface area contributed by atoms with Gasteiger partial charge >= 0.3 is 0 Å². The fourth-order valence-corrected chi connectivity index (χ4v) is 8.48. The van der Waals surface area contributed by atoms with Gasteiger partial charge in [-0.1, -0.05) is 63.4 Å². The van der Waals surface area contributed by atoms with Crippen molar-refractivity contribution in [2.24, 2.45) is 47.3 Å². The number of hydrogen-bond donors (Lipinski definition) is 0. The molecule has 0 spiro atoms. The minimum Gasteiger partial charge on any atom is -0.373 e. The second kappa shape index (κ2) is 9.98. The molecule has 0 saturated heterocycles. The molecule has 0 bridgehead atoms. The molecular formula is C30H46O. The molecule has 0 heterocycles. The lowest BCUT2D eigenvalue weighted by Gasteiger charge is -2.25. The van der Waals surface area contributed by atoms with E-state index in [1.54, 1.807) is 32.1 Å². The maximum atomic E-state index is 6.37. The fourth-order valence-electron chi connectivity index (χ4n) is 8.48. The van der Waals surface area contributed by atoms with Gasteiger partial charge in [0.05, 0.1) is 12.7 Å². The number of hydrogen-bond acceptors (Lipinski definition) is 1. The zero-order chi connectivity index (χ0) is 21.2. The first-order valence-electron chi connectivity index (χ1n) is 13.8.